The zero-order chi connectivity index (χ0) is 16.7. The van der Waals surface area contributed by atoms with Gasteiger partial charge in [0.15, 0.2) is 0 Å². The van der Waals surface area contributed by atoms with Gasteiger partial charge < -0.3 is 4.90 Å². The number of sulfonamides is 1. The number of likely N-dealkylation sites (tertiary alicyclic amines) is 1. The highest BCUT2D eigenvalue weighted by Crippen LogP contribution is 2.38. The lowest BCUT2D eigenvalue weighted by Crippen LogP contribution is -2.44. The van der Waals surface area contributed by atoms with Gasteiger partial charge in [-0.15, -0.1) is 0 Å². The third-order valence-electron chi connectivity index (χ3n) is 5.22. The summed E-state index contributed by atoms with van der Waals surface area (Å²) < 4.78 is 39.9. The Balaban J connectivity index is 1.80. The van der Waals surface area contributed by atoms with Crippen molar-refractivity contribution in [3.8, 4) is 0 Å². The van der Waals surface area contributed by atoms with Gasteiger partial charge in [-0.2, -0.15) is 4.31 Å². The van der Waals surface area contributed by atoms with Crippen molar-refractivity contribution in [1.29, 1.82) is 0 Å². The molecule has 0 aliphatic carbocycles. The molecular formula is C16H21FN2O3S. The van der Waals surface area contributed by atoms with E-state index in [1.54, 1.807) is 4.90 Å². The summed E-state index contributed by atoms with van der Waals surface area (Å²) in [4.78, 5) is 13.8. The quantitative estimate of drug-likeness (QED) is 0.827. The van der Waals surface area contributed by atoms with Crippen LogP contribution in [-0.2, 0) is 14.8 Å². The van der Waals surface area contributed by atoms with Gasteiger partial charge in [0.05, 0.1) is 4.90 Å². The van der Waals surface area contributed by atoms with Gasteiger partial charge in [0.25, 0.3) is 0 Å². The van der Waals surface area contributed by atoms with Gasteiger partial charge in [-0.25, -0.2) is 12.8 Å². The Bertz CT molecular complexity index is 705. The van der Waals surface area contributed by atoms with Crippen molar-refractivity contribution in [3.63, 3.8) is 0 Å². The Morgan fingerprint density at radius 1 is 1.09 bits per heavy atom. The topological polar surface area (TPSA) is 57.7 Å². The van der Waals surface area contributed by atoms with Gasteiger partial charge in [0.2, 0.25) is 15.9 Å². The normalized spacial score (nSPS) is 26.7. The Kier molecular flexibility index (Phi) is 4.18. The number of benzene rings is 1. The number of rotatable bonds is 2. The van der Waals surface area contributed by atoms with Gasteiger partial charge in [0.1, 0.15) is 5.82 Å². The molecule has 1 atom stereocenters. The molecule has 23 heavy (non-hydrogen) atoms. The minimum Gasteiger partial charge on any atom is -0.340 e. The predicted octanol–water partition coefficient (Wildman–Crippen LogP) is 1.99. The minimum atomic E-state index is -3.62. The van der Waals surface area contributed by atoms with Crippen LogP contribution in [0.4, 0.5) is 4.39 Å². The van der Waals surface area contributed by atoms with Crippen LogP contribution >= 0.6 is 0 Å². The summed E-state index contributed by atoms with van der Waals surface area (Å²) in [5, 5.41) is 0. The summed E-state index contributed by atoms with van der Waals surface area (Å²) in [6.45, 7) is 0.820. The van der Waals surface area contributed by atoms with E-state index in [0.29, 0.717) is 25.9 Å². The van der Waals surface area contributed by atoms with Crippen LogP contribution in [0.2, 0.25) is 0 Å². The lowest BCUT2D eigenvalue weighted by Gasteiger charge is -2.35. The van der Waals surface area contributed by atoms with Gasteiger partial charge in [-0.1, -0.05) is 0 Å². The van der Waals surface area contributed by atoms with Crippen LogP contribution in [0, 0.1) is 5.82 Å². The van der Waals surface area contributed by atoms with Crippen LogP contribution in [0.1, 0.15) is 32.1 Å². The second kappa shape index (κ2) is 5.87. The minimum absolute atomic E-state index is 0.116. The monoisotopic (exact) mass is 340 g/mol. The van der Waals surface area contributed by atoms with Crippen molar-refractivity contribution < 1.29 is 17.6 Å². The zero-order valence-corrected chi connectivity index (χ0v) is 14.0. The summed E-state index contributed by atoms with van der Waals surface area (Å²) in [6.07, 6.45) is 3.53. The number of hydrogen-bond acceptors (Lipinski definition) is 3. The molecule has 0 radical (unpaired) electrons. The Morgan fingerprint density at radius 2 is 1.78 bits per heavy atom. The molecule has 0 aromatic heterocycles. The Morgan fingerprint density at radius 3 is 2.39 bits per heavy atom. The van der Waals surface area contributed by atoms with Gasteiger partial charge >= 0.3 is 0 Å². The van der Waals surface area contributed by atoms with E-state index in [4.69, 9.17) is 0 Å². The maximum absolute atomic E-state index is 13.0. The van der Waals surface area contributed by atoms with Gasteiger partial charge in [0, 0.05) is 32.1 Å². The standard InChI is InChI=1S/C16H21FN2O3S/c1-18-15(20)7-9-16(18)8-2-11-19(12-10-16)23(21,22)14-5-3-13(17)4-6-14/h3-6H,2,7-12H2,1H3/t16-/m0/s1. The number of carbonyl (C=O) groups is 1. The van der Waals surface area contributed by atoms with Gasteiger partial charge in [-0.3, -0.25) is 4.79 Å². The van der Waals surface area contributed by atoms with Crippen LogP contribution < -0.4 is 0 Å². The molecule has 0 bridgehead atoms. The van der Waals surface area contributed by atoms with E-state index >= 15 is 0 Å². The predicted molar refractivity (Wildman–Crippen MR) is 83.7 cm³/mol. The highest BCUT2D eigenvalue weighted by Gasteiger charge is 2.44. The molecule has 126 valence electrons. The number of nitrogens with zero attached hydrogens (tertiary/aromatic N) is 2. The van der Waals surface area contributed by atoms with Crippen molar-refractivity contribution in [1.82, 2.24) is 9.21 Å². The van der Waals surface area contributed by atoms with E-state index in [0.717, 1.165) is 31.4 Å². The van der Waals surface area contributed by atoms with E-state index in [1.165, 1.54) is 16.4 Å². The molecule has 2 fully saturated rings. The van der Waals surface area contributed by atoms with Crippen molar-refractivity contribution >= 4 is 15.9 Å². The van der Waals surface area contributed by atoms with Gasteiger partial charge in [-0.05, 0) is 49.9 Å². The lowest BCUT2D eigenvalue weighted by molar-refractivity contribution is -0.129. The van der Waals surface area contributed by atoms with E-state index in [9.17, 15) is 17.6 Å². The highest BCUT2D eigenvalue weighted by atomic mass is 32.2. The molecule has 1 aromatic rings. The molecule has 0 saturated carbocycles. The van der Waals surface area contributed by atoms with Crippen molar-refractivity contribution in [2.24, 2.45) is 0 Å². The lowest BCUT2D eigenvalue weighted by atomic mass is 9.88. The summed E-state index contributed by atoms with van der Waals surface area (Å²) in [7, 11) is -1.80. The van der Waals surface area contributed by atoms with Crippen LogP contribution in [-0.4, -0.2) is 49.2 Å². The smallest absolute Gasteiger partial charge is 0.243 e. The molecule has 0 unspecified atom stereocenters. The molecular weight excluding hydrogens is 319 g/mol. The van der Waals surface area contributed by atoms with E-state index in [2.05, 4.69) is 0 Å². The Hall–Kier alpha value is -1.47. The molecule has 3 rings (SSSR count). The fourth-order valence-electron chi connectivity index (χ4n) is 3.68. The second-order valence-electron chi connectivity index (χ2n) is 6.39. The molecule has 2 heterocycles. The molecule has 7 heteroatoms. The molecule has 2 saturated heterocycles. The molecule has 0 N–H and O–H groups in total. The first-order valence-corrected chi connectivity index (χ1v) is 9.32. The number of amides is 1. The summed E-state index contributed by atoms with van der Waals surface area (Å²) in [6, 6.07) is 4.93. The fraction of sp³-hybridized carbons (Fsp3) is 0.562. The SMILES string of the molecule is CN1C(=O)CC[C@]12CCCN(S(=O)(=O)c1ccc(F)cc1)CC2. The molecule has 2 aliphatic heterocycles. The third-order valence-corrected chi connectivity index (χ3v) is 7.13. The van der Waals surface area contributed by atoms with Crippen molar-refractivity contribution in [2.45, 2.75) is 42.5 Å². The number of carbonyl (C=O) groups excluding carboxylic acids is 1. The molecule has 5 nitrogen and oxygen atoms in total. The molecule has 1 aromatic carbocycles. The van der Waals surface area contributed by atoms with Crippen molar-refractivity contribution in [2.75, 3.05) is 20.1 Å². The first-order chi connectivity index (χ1) is 10.8. The van der Waals surface area contributed by atoms with Crippen LogP contribution in [0.5, 0.6) is 0 Å². The maximum Gasteiger partial charge on any atom is 0.243 e. The van der Waals surface area contributed by atoms with E-state index < -0.39 is 15.8 Å². The highest BCUT2D eigenvalue weighted by molar-refractivity contribution is 7.89. The average molecular weight is 340 g/mol. The van der Waals surface area contributed by atoms with E-state index in [1.807, 2.05) is 7.05 Å². The van der Waals surface area contributed by atoms with E-state index in [-0.39, 0.29) is 16.3 Å². The number of halogens is 1. The van der Waals surface area contributed by atoms with Crippen LogP contribution in [0.3, 0.4) is 0 Å². The summed E-state index contributed by atoms with van der Waals surface area (Å²) in [5.41, 5.74) is -0.204. The molecule has 1 spiro atoms. The fourth-order valence-corrected chi connectivity index (χ4v) is 5.15. The molecule has 2 aliphatic rings. The van der Waals surface area contributed by atoms with Crippen LogP contribution in [0.15, 0.2) is 29.2 Å². The summed E-state index contributed by atoms with van der Waals surface area (Å²) >= 11 is 0. The largest absolute Gasteiger partial charge is 0.340 e. The molecule has 1 amide bonds. The first kappa shape index (κ1) is 16.4. The zero-order valence-electron chi connectivity index (χ0n) is 13.2. The average Bonchev–Trinajstić information content (AvgIpc) is 2.70. The third kappa shape index (κ3) is 2.87. The number of hydrogen-bond donors (Lipinski definition) is 0. The Labute approximate surface area is 136 Å². The van der Waals surface area contributed by atoms with Crippen LogP contribution in [0.25, 0.3) is 0 Å². The first-order valence-electron chi connectivity index (χ1n) is 7.88. The van der Waals surface area contributed by atoms with Crippen molar-refractivity contribution in [3.05, 3.63) is 30.1 Å². The summed E-state index contributed by atoms with van der Waals surface area (Å²) in [5.74, 6) is -0.315. The second-order valence-corrected chi connectivity index (χ2v) is 8.33. The maximum atomic E-state index is 13.0.